The monoisotopic (exact) mass is 522 g/mol. The lowest BCUT2D eigenvalue weighted by Gasteiger charge is -2.34. The molecule has 1 unspecified atom stereocenters. The summed E-state index contributed by atoms with van der Waals surface area (Å²) in [4.78, 5) is 39.0. The number of aryl methyl sites for hydroxylation is 1. The Bertz CT molecular complexity index is 1330. The van der Waals surface area contributed by atoms with Gasteiger partial charge in [0.1, 0.15) is 0 Å². The van der Waals surface area contributed by atoms with Gasteiger partial charge in [-0.3, -0.25) is 24.8 Å². The van der Waals surface area contributed by atoms with E-state index >= 15 is 0 Å². The van der Waals surface area contributed by atoms with Crippen LogP contribution in [0.4, 0.5) is 5.95 Å². The number of halogens is 1. The van der Waals surface area contributed by atoms with Crippen LogP contribution < -0.4 is 5.32 Å². The van der Waals surface area contributed by atoms with E-state index in [0.29, 0.717) is 54.8 Å². The van der Waals surface area contributed by atoms with Crippen LogP contribution in [-0.4, -0.2) is 80.1 Å². The minimum atomic E-state index is -0.279. The quantitative estimate of drug-likeness (QED) is 0.481. The molecule has 10 heteroatoms. The number of carbonyl (C=O) groups is 2. The summed E-state index contributed by atoms with van der Waals surface area (Å²) in [6.45, 7) is 4.93. The molecule has 2 saturated heterocycles. The zero-order chi connectivity index (χ0) is 25.9. The van der Waals surface area contributed by atoms with Gasteiger partial charge in [0, 0.05) is 56.3 Å². The molecule has 2 aromatic heterocycles. The summed E-state index contributed by atoms with van der Waals surface area (Å²) in [6.07, 6.45) is 7.49. The molecule has 0 radical (unpaired) electrons. The van der Waals surface area contributed by atoms with Gasteiger partial charge in [0.15, 0.2) is 0 Å². The number of aromatic nitrogens is 3. The van der Waals surface area contributed by atoms with Gasteiger partial charge in [-0.05, 0) is 50.5 Å². The number of nitrogens with zero attached hydrogens (tertiary/aromatic N) is 5. The van der Waals surface area contributed by atoms with Gasteiger partial charge in [0.2, 0.25) is 11.9 Å². The van der Waals surface area contributed by atoms with Gasteiger partial charge in [-0.25, -0.2) is 4.98 Å². The summed E-state index contributed by atoms with van der Waals surface area (Å²) in [5.74, 6) is 0.0915. The van der Waals surface area contributed by atoms with Crippen molar-refractivity contribution in [3.8, 4) is 0 Å². The molecule has 2 N–H and O–H groups in total. The number of para-hydroxylation sites is 1. The molecule has 0 bridgehead atoms. The molecule has 2 aliphatic rings. The predicted molar refractivity (Wildman–Crippen MR) is 143 cm³/mol. The molecule has 194 valence electrons. The normalized spacial score (nSPS) is 19.2. The number of hydrogen-bond donors (Lipinski definition) is 2. The maximum absolute atomic E-state index is 13.1. The molecule has 4 heterocycles. The number of hydrogen-bond acceptors (Lipinski definition) is 6. The number of benzene rings is 1. The number of fused-ring (bicyclic) bond motifs is 1. The zero-order valence-corrected chi connectivity index (χ0v) is 21.6. The van der Waals surface area contributed by atoms with Crippen molar-refractivity contribution < 1.29 is 14.7 Å². The number of imidazole rings is 1. The van der Waals surface area contributed by atoms with Gasteiger partial charge in [0.05, 0.1) is 28.2 Å². The second-order valence-corrected chi connectivity index (χ2v) is 10.2. The maximum atomic E-state index is 13.1. The van der Waals surface area contributed by atoms with E-state index in [2.05, 4.69) is 15.2 Å². The van der Waals surface area contributed by atoms with Crippen LogP contribution in [0.25, 0.3) is 11.0 Å². The van der Waals surface area contributed by atoms with E-state index < -0.39 is 0 Å². The first kappa shape index (κ1) is 25.4. The van der Waals surface area contributed by atoms with E-state index in [1.807, 2.05) is 40.7 Å². The first-order valence-electron chi connectivity index (χ1n) is 12.7. The molecule has 2 amide bonds. The van der Waals surface area contributed by atoms with Crippen LogP contribution in [0, 0.1) is 6.92 Å². The number of aliphatic hydroxyl groups is 1. The summed E-state index contributed by atoms with van der Waals surface area (Å²) in [5, 5.41) is 13.0. The lowest BCUT2D eigenvalue weighted by molar-refractivity contribution is -0.126. The van der Waals surface area contributed by atoms with Crippen molar-refractivity contribution in [2.45, 2.75) is 38.3 Å². The Balaban J connectivity index is 1.41. The average Bonchev–Trinajstić information content (AvgIpc) is 3.04. The minimum absolute atomic E-state index is 0.0404. The number of likely N-dealkylation sites (tertiary alicyclic amines) is 2. The standard InChI is InChI=1S/C27H31ClN6O3/c1-18-14-19(10-11-29-18)26(37)31-27-30-23-8-4-7-22(28)25(23)34(27)20-6-2-3-13-33(15-20)24(36)9-5-12-32-16-21(35)17-32/h4-5,7-11,14,20-21,35H,2-3,6,12-13,15-17H2,1H3,(H,30,31,37)/b9-5+. The highest BCUT2D eigenvalue weighted by Gasteiger charge is 2.28. The number of anilines is 1. The minimum Gasteiger partial charge on any atom is -0.390 e. The number of aliphatic hydroxyl groups excluding tert-OH is 1. The van der Waals surface area contributed by atoms with Crippen LogP contribution in [0.2, 0.25) is 5.02 Å². The van der Waals surface area contributed by atoms with E-state index in [4.69, 9.17) is 16.6 Å². The summed E-state index contributed by atoms with van der Waals surface area (Å²) >= 11 is 6.64. The molecule has 0 saturated carbocycles. The largest absolute Gasteiger partial charge is 0.390 e. The van der Waals surface area contributed by atoms with Crippen molar-refractivity contribution >= 4 is 40.4 Å². The molecule has 9 nitrogen and oxygen atoms in total. The fraction of sp³-hybridized carbons (Fsp3) is 0.407. The zero-order valence-electron chi connectivity index (χ0n) is 20.8. The Labute approximate surface area is 220 Å². The fourth-order valence-electron chi connectivity index (χ4n) is 5.04. The van der Waals surface area contributed by atoms with Gasteiger partial charge < -0.3 is 14.6 Å². The highest BCUT2D eigenvalue weighted by molar-refractivity contribution is 6.35. The van der Waals surface area contributed by atoms with E-state index in [1.54, 1.807) is 24.4 Å². The van der Waals surface area contributed by atoms with Crippen molar-refractivity contribution in [2.75, 3.05) is 38.0 Å². The van der Waals surface area contributed by atoms with Crippen molar-refractivity contribution in [1.29, 1.82) is 0 Å². The SMILES string of the molecule is Cc1cc(C(=O)Nc2nc3cccc(Cl)c3n2C2CCCCN(C(=O)/C=C/CN3CC(O)C3)C2)ccn1. The number of amides is 2. The van der Waals surface area contributed by atoms with E-state index in [1.165, 1.54) is 0 Å². The lowest BCUT2D eigenvalue weighted by atomic mass is 10.1. The van der Waals surface area contributed by atoms with Crippen LogP contribution in [0.15, 0.2) is 48.7 Å². The average molecular weight is 523 g/mol. The molecule has 0 spiro atoms. The first-order chi connectivity index (χ1) is 17.9. The molecular formula is C27H31ClN6O3. The van der Waals surface area contributed by atoms with Crippen molar-refractivity contribution in [1.82, 2.24) is 24.3 Å². The first-order valence-corrected chi connectivity index (χ1v) is 13.0. The Morgan fingerprint density at radius 3 is 2.84 bits per heavy atom. The molecule has 2 fully saturated rings. The fourth-order valence-corrected chi connectivity index (χ4v) is 5.30. The number of carbonyl (C=O) groups excluding carboxylic acids is 2. The molecule has 0 aliphatic carbocycles. The van der Waals surface area contributed by atoms with Crippen LogP contribution in [-0.2, 0) is 4.79 Å². The number of rotatable bonds is 6. The second-order valence-electron chi connectivity index (χ2n) is 9.76. The molecule has 1 atom stereocenters. The third kappa shape index (κ3) is 5.69. The highest BCUT2D eigenvalue weighted by Crippen LogP contribution is 2.34. The third-order valence-electron chi connectivity index (χ3n) is 6.93. The number of nitrogens with one attached hydrogen (secondary N) is 1. The van der Waals surface area contributed by atoms with Crippen LogP contribution in [0.1, 0.15) is 41.4 Å². The Kier molecular flexibility index (Phi) is 7.55. The molecular weight excluding hydrogens is 492 g/mol. The summed E-state index contributed by atoms with van der Waals surface area (Å²) in [5.41, 5.74) is 2.68. The summed E-state index contributed by atoms with van der Waals surface area (Å²) in [7, 11) is 0. The van der Waals surface area contributed by atoms with Crippen molar-refractivity contribution in [3.05, 3.63) is 65.0 Å². The van der Waals surface area contributed by atoms with Crippen LogP contribution in [0.3, 0.4) is 0 Å². The maximum Gasteiger partial charge on any atom is 0.258 e. The van der Waals surface area contributed by atoms with Crippen LogP contribution >= 0.6 is 11.6 Å². The summed E-state index contributed by atoms with van der Waals surface area (Å²) in [6, 6.07) is 8.82. The number of pyridine rings is 1. The lowest BCUT2D eigenvalue weighted by Crippen LogP contribution is -2.50. The van der Waals surface area contributed by atoms with Crippen molar-refractivity contribution in [3.63, 3.8) is 0 Å². The Morgan fingerprint density at radius 2 is 2.05 bits per heavy atom. The van der Waals surface area contributed by atoms with Crippen molar-refractivity contribution in [2.24, 2.45) is 0 Å². The predicted octanol–water partition coefficient (Wildman–Crippen LogP) is 3.43. The third-order valence-corrected chi connectivity index (χ3v) is 7.24. The molecule has 37 heavy (non-hydrogen) atoms. The van der Waals surface area contributed by atoms with Gasteiger partial charge in [-0.1, -0.05) is 23.7 Å². The second kappa shape index (κ2) is 11.0. The van der Waals surface area contributed by atoms with Crippen LogP contribution in [0.5, 0.6) is 0 Å². The van der Waals surface area contributed by atoms with E-state index in [0.717, 1.165) is 30.5 Å². The Hall–Kier alpha value is -3.27. The smallest absolute Gasteiger partial charge is 0.258 e. The molecule has 2 aliphatic heterocycles. The van der Waals surface area contributed by atoms with Gasteiger partial charge in [-0.15, -0.1) is 0 Å². The molecule has 3 aromatic rings. The van der Waals surface area contributed by atoms with Gasteiger partial charge >= 0.3 is 0 Å². The van der Waals surface area contributed by atoms with E-state index in [-0.39, 0.29) is 24.0 Å². The molecule has 5 rings (SSSR count). The highest BCUT2D eigenvalue weighted by atomic mass is 35.5. The van der Waals surface area contributed by atoms with Gasteiger partial charge in [-0.2, -0.15) is 0 Å². The van der Waals surface area contributed by atoms with E-state index in [9.17, 15) is 14.7 Å². The Morgan fingerprint density at radius 1 is 1.22 bits per heavy atom. The van der Waals surface area contributed by atoms with Gasteiger partial charge in [0.25, 0.3) is 5.91 Å². The number of β-amino-alcohol motifs (C(OH)–C–C–N with tert-alkyl or cyclic N) is 1. The summed E-state index contributed by atoms with van der Waals surface area (Å²) < 4.78 is 1.99. The topological polar surface area (TPSA) is 104 Å². The molecule has 1 aromatic carbocycles.